The van der Waals surface area contributed by atoms with Crippen LogP contribution < -0.4 is 4.74 Å². The maximum absolute atomic E-state index is 12.3. The van der Waals surface area contributed by atoms with Gasteiger partial charge in [-0.3, -0.25) is 4.79 Å². The minimum Gasteiger partial charge on any atom is -0.406 e. The minimum absolute atomic E-state index is 0.0624. The average Bonchev–Trinajstić information content (AvgIpc) is 3.20. The molecule has 1 aromatic carbocycles. The SMILES string of the molecule is O=C(c1ccc(OC(F)(F)F)cc1)N1CCC(OCC2CC2)C1. The Hall–Kier alpha value is -1.76. The van der Waals surface area contributed by atoms with Crippen LogP contribution in [0.4, 0.5) is 13.2 Å². The normalized spacial score (nSPS) is 21.5. The third-order valence-corrected chi connectivity index (χ3v) is 4.03. The zero-order valence-electron chi connectivity index (χ0n) is 12.5. The number of carbonyl (C=O) groups is 1. The summed E-state index contributed by atoms with van der Waals surface area (Å²) in [5.74, 6) is 0.156. The van der Waals surface area contributed by atoms with Crippen LogP contribution >= 0.6 is 0 Å². The van der Waals surface area contributed by atoms with E-state index in [1.165, 1.54) is 25.0 Å². The van der Waals surface area contributed by atoms with Crippen molar-refractivity contribution in [1.29, 1.82) is 0 Å². The third-order valence-electron chi connectivity index (χ3n) is 4.03. The molecule has 1 amide bonds. The van der Waals surface area contributed by atoms with Crippen LogP contribution in [0.3, 0.4) is 0 Å². The number of hydrogen-bond acceptors (Lipinski definition) is 3. The molecule has 3 rings (SSSR count). The third kappa shape index (κ3) is 4.60. The number of halogens is 3. The molecule has 1 atom stereocenters. The van der Waals surface area contributed by atoms with Gasteiger partial charge in [-0.2, -0.15) is 0 Å². The molecule has 1 unspecified atom stereocenters. The van der Waals surface area contributed by atoms with Crippen molar-refractivity contribution in [3.8, 4) is 5.75 Å². The molecule has 0 bridgehead atoms. The number of amides is 1. The topological polar surface area (TPSA) is 38.8 Å². The first-order valence-corrected chi connectivity index (χ1v) is 7.67. The Kier molecular flexibility index (Phi) is 4.48. The van der Waals surface area contributed by atoms with Crippen molar-refractivity contribution in [2.24, 2.45) is 5.92 Å². The van der Waals surface area contributed by atoms with Gasteiger partial charge in [-0.1, -0.05) is 0 Å². The number of hydrogen-bond donors (Lipinski definition) is 0. The molecule has 7 heteroatoms. The van der Waals surface area contributed by atoms with E-state index in [-0.39, 0.29) is 17.8 Å². The van der Waals surface area contributed by atoms with Gasteiger partial charge in [0.15, 0.2) is 0 Å². The van der Waals surface area contributed by atoms with Crippen molar-refractivity contribution in [2.75, 3.05) is 19.7 Å². The molecule has 1 aliphatic carbocycles. The van der Waals surface area contributed by atoms with E-state index in [1.54, 1.807) is 4.90 Å². The van der Waals surface area contributed by atoms with Gasteiger partial charge in [-0.15, -0.1) is 13.2 Å². The van der Waals surface area contributed by atoms with E-state index >= 15 is 0 Å². The average molecular weight is 329 g/mol. The summed E-state index contributed by atoms with van der Waals surface area (Å²) < 4.78 is 45.9. The largest absolute Gasteiger partial charge is 0.573 e. The van der Waals surface area contributed by atoms with Crippen LogP contribution in [0.2, 0.25) is 0 Å². The van der Waals surface area contributed by atoms with E-state index in [0.717, 1.165) is 25.2 Å². The lowest BCUT2D eigenvalue weighted by Gasteiger charge is -2.17. The maximum Gasteiger partial charge on any atom is 0.573 e. The minimum atomic E-state index is -4.73. The van der Waals surface area contributed by atoms with E-state index in [2.05, 4.69) is 4.74 Å². The van der Waals surface area contributed by atoms with Gasteiger partial charge in [-0.05, 0) is 49.4 Å². The molecule has 2 fully saturated rings. The summed E-state index contributed by atoms with van der Waals surface area (Å²) in [4.78, 5) is 14.0. The highest BCUT2D eigenvalue weighted by Crippen LogP contribution is 2.30. The lowest BCUT2D eigenvalue weighted by atomic mass is 10.2. The maximum atomic E-state index is 12.3. The van der Waals surface area contributed by atoms with E-state index < -0.39 is 6.36 Å². The molecule has 0 radical (unpaired) electrons. The fourth-order valence-corrected chi connectivity index (χ4v) is 2.59. The molecule has 0 spiro atoms. The number of likely N-dealkylation sites (tertiary alicyclic amines) is 1. The highest BCUT2D eigenvalue weighted by molar-refractivity contribution is 5.94. The van der Waals surface area contributed by atoms with Crippen LogP contribution in [0.15, 0.2) is 24.3 Å². The van der Waals surface area contributed by atoms with Crippen molar-refractivity contribution in [3.05, 3.63) is 29.8 Å². The predicted octanol–water partition coefficient (Wildman–Crippen LogP) is 3.23. The predicted molar refractivity (Wildman–Crippen MR) is 76.1 cm³/mol. The van der Waals surface area contributed by atoms with Gasteiger partial charge in [0.1, 0.15) is 5.75 Å². The number of rotatable bonds is 5. The van der Waals surface area contributed by atoms with Gasteiger partial charge < -0.3 is 14.4 Å². The Morgan fingerprint density at radius 1 is 1.17 bits per heavy atom. The van der Waals surface area contributed by atoms with Gasteiger partial charge in [0.05, 0.1) is 6.10 Å². The Morgan fingerprint density at radius 2 is 1.87 bits per heavy atom. The molecule has 126 valence electrons. The molecule has 0 aromatic heterocycles. The van der Waals surface area contributed by atoms with E-state index in [0.29, 0.717) is 24.6 Å². The molecule has 1 saturated heterocycles. The quantitative estimate of drug-likeness (QED) is 0.832. The summed E-state index contributed by atoms with van der Waals surface area (Å²) >= 11 is 0. The first kappa shape index (κ1) is 16.1. The lowest BCUT2D eigenvalue weighted by Crippen LogP contribution is -2.30. The van der Waals surface area contributed by atoms with Crippen LogP contribution in [0, 0.1) is 5.92 Å². The molecule has 0 N–H and O–H groups in total. The van der Waals surface area contributed by atoms with Crippen molar-refractivity contribution in [1.82, 2.24) is 4.90 Å². The fourth-order valence-electron chi connectivity index (χ4n) is 2.59. The summed E-state index contributed by atoms with van der Waals surface area (Å²) in [6.45, 7) is 1.90. The van der Waals surface area contributed by atoms with E-state index in [9.17, 15) is 18.0 Å². The first-order chi connectivity index (χ1) is 10.9. The Bertz CT molecular complexity index is 555. The van der Waals surface area contributed by atoms with Crippen LogP contribution in [0.5, 0.6) is 5.75 Å². The Balaban J connectivity index is 1.53. The van der Waals surface area contributed by atoms with Crippen LogP contribution in [0.1, 0.15) is 29.6 Å². The fraction of sp³-hybridized carbons (Fsp3) is 0.562. The Labute approximate surface area is 132 Å². The number of carbonyl (C=O) groups excluding carboxylic acids is 1. The van der Waals surface area contributed by atoms with Crippen LogP contribution in [-0.2, 0) is 4.74 Å². The van der Waals surface area contributed by atoms with E-state index in [4.69, 9.17) is 4.74 Å². The number of alkyl halides is 3. The summed E-state index contributed by atoms with van der Waals surface area (Å²) in [6.07, 6.45) is -1.42. The summed E-state index contributed by atoms with van der Waals surface area (Å²) in [7, 11) is 0. The zero-order valence-corrected chi connectivity index (χ0v) is 12.5. The van der Waals surface area contributed by atoms with Gasteiger partial charge in [0.25, 0.3) is 5.91 Å². The van der Waals surface area contributed by atoms with E-state index in [1.807, 2.05) is 0 Å². The summed E-state index contributed by atoms with van der Waals surface area (Å²) in [5.41, 5.74) is 0.349. The van der Waals surface area contributed by atoms with Crippen molar-refractivity contribution < 1.29 is 27.4 Å². The molecule has 23 heavy (non-hydrogen) atoms. The second-order valence-corrected chi connectivity index (χ2v) is 6.01. The zero-order chi connectivity index (χ0) is 16.4. The van der Waals surface area contributed by atoms with Crippen LogP contribution in [-0.4, -0.2) is 43.0 Å². The van der Waals surface area contributed by atoms with Crippen molar-refractivity contribution in [2.45, 2.75) is 31.7 Å². The molecular weight excluding hydrogens is 311 g/mol. The molecule has 1 aliphatic heterocycles. The number of ether oxygens (including phenoxy) is 2. The van der Waals surface area contributed by atoms with Crippen molar-refractivity contribution >= 4 is 5.91 Å². The Morgan fingerprint density at radius 3 is 2.48 bits per heavy atom. The van der Waals surface area contributed by atoms with Crippen molar-refractivity contribution in [3.63, 3.8) is 0 Å². The van der Waals surface area contributed by atoms with Gasteiger partial charge in [0, 0.05) is 25.3 Å². The molecule has 1 aromatic rings. The summed E-state index contributed by atoms with van der Waals surface area (Å²) in [5, 5.41) is 0. The molecule has 1 saturated carbocycles. The number of benzene rings is 1. The summed E-state index contributed by atoms with van der Waals surface area (Å²) in [6, 6.07) is 5.00. The standard InChI is InChI=1S/C16H18F3NO3/c17-16(18,19)23-13-5-3-12(4-6-13)15(21)20-8-7-14(9-20)22-10-11-1-2-11/h3-6,11,14H,1-2,7-10H2. The number of nitrogens with zero attached hydrogens (tertiary/aromatic N) is 1. The van der Waals surface area contributed by atoms with Crippen LogP contribution in [0.25, 0.3) is 0 Å². The highest BCUT2D eigenvalue weighted by Gasteiger charge is 2.32. The second kappa shape index (κ2) is 6.39. The first-order valence-electron chi connectivity index (χ1n) is 7.67. The molecule has 1 heterocycles. The smallest absolute Gasteiger partial charge is 0.406 e. The van der Waals surface area contributed by atoms with Gasteiger partial charge in [0.2, 0.25) is 0 Å². The molecule has 4 nitrogen and oxygen atoms in total. The molecule has 2 aliphatic rings. The lowest BCUT2D eigenvalue weighted by molar-refractivity contribution is -0.274. The van der Waals surface area contributed by atoms with Gasteiger partial charge >= 0.3 is 6.36 Å². The second-order valence-electron chi connectivity index (χ2n) is 6.01. The van der Waals surface area contributed by atoms with Gasteiger partial charge in [-0.25, -0.2) is 0 Å². The molecular formula is C16H18F3NO3. The highest BCUT2D eigenvalue weighted by atomic mass is 19.4. The monoisotopic (exact) mass is 329 g/mol.